The normalized spacial score (nSPS) is 18.3. The first kappa shape index (κ1) is 27.4. The van der Waals surface area contributed by atoms with Gasteiger partial charge in [0, 0.05) is 24.4 Å². The Morgan fingerprint density at radius 2 is 2.03 bits per heavy atom. The van der Waals surface area contributed by atoms with E-state index in [9.17, 15) is 9.90 Å². The Morgan fingerprint density at radius 1 is 1.22 bits per heavy atom. The van der Waals surface area contributed by atoms with Crippen LogP contribution in [0.4, 0.5) is 0 Å². The minimum absolute atomic E-state index is 0.294. The van der Waals surface area contributed by atoms with Crippen molar-refractivity contribution in [3.05, 3.63) is 71.6 Å². The van der Waals surface area contributed by atoms with E-state index in [0.717, 1.165) is 54.0 Å². The molecule has 2 aromatic rings. The molecule has 7 nitrogen and oxygen atoms in total. The molecular formula is C29H38N2O5S. The van der Waals surface area contributed by atoms with Crippen LogP contribution in [0.25, 0.3) is 0 Å². The minimum Gasteiger partial charge on any atom is -0.497 e. The third-order valence-corrected chi connectivity index (χ3v) is 7.53. The summed E-state index contributed by atoms with van der Waals surface area (Å²) in [6.07, 6.45) is 3.88. The lowest BCUT2D eigenvalue weighted by Crippen LogP contribution is -2.47. The molecule has 0 radical (unpaired) electrons. The molecular weight excluding hydrogens is 488 g/mol. The maximum Gasteiger partial charge on any atom is 0.347 e. The number of benzene rings is 2. The van der Waals surface area contributed by atoms with Gasteiger partial charge in [-0.25, -0.2) is 9.10 Å². The number of rotatable bonds is 15. The largest absolute Gasteiger partial charge is 0.497 e. The van der Waals surface area contributed by atoms with Crippen molar-refractivity contribution in [2.24, 2.45) is 0 Å². The van der Waals surface area contributed by atoms with Crippen LogP contribution >= 0.6 is 11.9 Å². The van der Waals surface area contributed by atoms with Gasteiger partial charge in [-0.3, -0.25) is 0 Å². The van der Waals surface area contributed by atoms with Crippen LogP contribution in [0.15, 0.2) is 70.9 Å². The highest BCUT2D eigenvalue weighted by molar-refractivity contribution is 7.97. The summed E-state index contributed by atoms with van der Waals surface area (Å²) in [7, 11) is 1.67. The van der Waals surface area contributed by atoms with Crippen molar-refractivity contribution < 1.29 is 24.1 Å². The van der Waals surface area contributed by atoms with Gasteiger partial charge in [-0.2, -0.15) is 0 Å². The zero-order chi connectivity index (χ0) is 26.0. The van der Waals surface area contributed by atoms with Crippen LogP contribution < -0.4 is 10.1 Å². The number of aliphatic hydroxyl groups is 1. The number of unbranched alkanes of at least 4 members (excludes halogenated alkanes) is 1. The molecule has 0 amide bonds. The van der Waals surface area contributed by atoms with E-state index in [1.54, 1.807) is 19.1 Å². The van der Waals surface area contributed by atoms with Crippen molar-refractivity contribution in [3.8, 4) is 5.75 Å². The van der Waals surface area contributed by atoms with Crippen LogP contribution in [-0.4, -0.2) is 60.4 Å². The van der Waals surface area contributed by atoms with Gasteiger partial charge < -0.3 is 24.6 Å². The van der Waals surface area contributed by atoms with Gasteiger partial charge in [0.05, 0.1) is 25.9 Å². The number of carbonyl (C=O) groups excluding carboxylic acids is 1. The SMILES string of the molecule is CCCCN(CC(O)C(Cc1ccccc1)NC(OC1CCOC1=O)=C1CC1)Sc1cccc(OC)c1. The number of methoxy groups -OCH3 is 1. The summed E-state index contributed by atoms with van der Waals surface area (Å²) in [4.78, 5) is 13.1. The third kappa shape index (κ3) is 8.42. The smallest absolute Gasteiger partial charge is 0.347 e. The van der Waals surface area contributed by atoms with Crippen molar-refractivity contribution >= 4 is 17.9 Å². The highest BCUT2D eigenvalue weighted by Crippen LogP contribution is 2.33. The minimum atomic E-state index is -0.677. The van der Waals surface area contributed by atoms with Crippen LogP contribution in [0.3, 0.4) is 0 Å². The second-order valence-corrected chi connectivity index (χ2v) is 10.7. The van der Waals surface area contributed by atoms with E-state index in [1.165, 1.54) is 0 Å². The fourth-order valence-electron chi connectivity index (χ4n) is 4.21. The average Bonchev–Trinajstić information content (AvgIpc) is 3.69. The summed E-state index contributed by atoms with van der Waals surface area (Å²) in [6, 6.07) is 17.8. The molecule has 3 atom stereocenters. The monoisotopic (exact) mass is 526 g/mol. The predicted molar refractivity (Wildman–Crippen MR) is 145 cm³/mol. The molecule has 4 rings (SSSR count). The molecule has 3 unspecified atom stereocenters. The Kier molecular flexibility index (Phi) is 10.2. The first-order chi connectivity index (χ1) is 18.1. The van der Waals surface area contributed by atoms with E-state index in [4.69, 9.17) is 14.2 Å². The average molecular weight is 527 g/mol. The predicted octanol–water partition coefficient (Wildman–Crippen LogP) is 4.70. The second-order valence-electron chi connectivity index (χ2n) is 9.52. The first-order valence-corrected chi connectivity index (χ1v) is 13.9. The van der Waals surface area contributed by atoms with Gasteiger partial charge in [0.1, 0.15) is 5.75 Å². The number of carbonyl (C=O) groups is 1. The lowest BCUT2D eigenvalue weighted by Gasteiger charge is -2.31. The lowest BCUT2D eigenvalue weighted by molar-refractivity contribution is -0.145. The van der Waals surface area contributed by atoms with Gasteiger partial charge in [0.15, 0.2) is 5.88 Å². The van der Waals surface area contributed by atoms with E-state index in [2.05, 4.69) is 34.7 Å². The quantitative estimate of drug-likeness (QED) is 0.196. The molecule has 2 N–H and O–H groups in total. The Balaban J connectivity index is 1.50. The Morgan fingerprint density at radius 3 is 2.70 bits per heavy atom. The molecule has 1 heterocycles. The Bertz CT molecular complexity index is 1040. The van der Waals surface area contributed by atoms with Gasteiger partial charge in [-0.1, -0.05) is 49.7 Å². The zero-order valence-corrected chi connectivity index (χ0v) is 22.5. The van der Waals surface area contributed by atoms with Gasteiger partial charge in [-0.15, -0.1) is 0 Å². The maximum atomic E-state index is 12.1. The number of nitrogens with one attached hydrogen (secondary N) is 1. The molecule has 8 heteroatoms. The molecule has 2 fully saturated rings. The Hall–Kier alpha value is -2.68. The van der Waals surface area contributed by atoms with Crippen molar-refractivity contribution in [2.75, 3.05) is 26.8 Å². The number of ether oxygens (including phenoxy) is 3. The summed E-state index contributed by atoms with van der Waals surface area (Å²) in [5.41, 5.74) is 2.28. The standard InChI is InChI=1S/C29H38N2O5S/c1-3-4-16-31(37-24-12-8-11-23(19-24)34-2)20-26(32)25(18-21-9-6-5-7-10-21)30-28(22-13-14-22)36-27-15-17-35-29(27)33/h5-12,19,25-27,30,32H,3-4,13-18,20H2,1-2H3. The van der Waals surface area contributed by atoms with E-state index >= 15 is 0 Å². The van der Waals surface area contributed by atoms with Crippen LogP contribution in [0.2, 0.25) is 0 Å². The van der Waals surface area contributed by atoms with E-state index < -0.39 is 12.2 Å². The number of aliphatic hydroxyl groups excluding tert-OH is 1. The second kappa shape index (κ2) is 13.7. The van der Waals surface area contributed by atoms with Crippen molar-refractivity contribution in [1.82, 2.24) is 9.62 Å². The fourth-order valence-corrected chi connectivity index (χ4v) is 5.26. The fraction of sp³-hybridized carbons (Fsp3) is 0.483. The lowest BCUT2D eigenvalue weighted by atomic mass is 10.0. The van der Waals surface area contributed by atoms with Gasteiger partial charge in [-0.05, 0) is 67.0 Å². The molecule has 2 aliphatic rings. The van der Waals surface area contributed by atoms with Crippen molar-refractivity contribution in [2.45, 2.75) is 68.6 Å². The number of hydrogen-bond acceptors (Lipinski definition) is 8. The highest BCUT2D eigenvalue weighted by atomic mass is 32.2. The number of nitrogens with zero attached hydrogens (tertiary/aromatic N) is 1. The number of allylic oxidation sites excluding steroid dienone is 1. The molecule has 1 aliphatic carbocycles. The Labute approximate surface area is 224 Å². The molecule has 2 aromatic carbocycles. The first-order valence-electron chi connectivity index (χ1n) is 13.2. The molecule has 0 bridgehead atoms. The van der Waals surface area contributed by atoms with Crippen LogP contribution in [-0.2, 0) is 20.7 Å². The summed E-state index contributed by atoms with van der Waals surface area (Å²) >= 11 is 1.64. The van der Waals surface area contributed by atoms with E-state index in [1.807, 2.05) is 36.4 Å². The summed E-state index contributed by atoms with van der Waals surface area (Å²) < 4.78 is 18.8. The number of hydrogen-bond donors (Lipinski definition) is 2. The number of esters is 1. The molecule has 1 aliphatic heterocycles. The molecule has 0 aromatic heterocycles. The van der Waals surface area contributed by atoms with Crippen molar-refractivity contribution in [1.29, 1.82) is 0 Å². The van der Waals surface area contributed by atoms with Crippen LogP contribution in [0, 0.1) is 0 Å². The summed E-state index contributed by atoms with van der Waals surface area (Å²) in [5.74, 6) is 1.12. The highest BCUT2D eigenvalue weighted by Gasteiger charge is 2.33. The zero-order valence-electron chi connectivity index (χ0n) is 21.7. The van der Waals surface area contributed by atoms with Gasteiger partial charge in [0.2, 0.25) is 6.10 Å². The van der Waals surface area contributed by atoms with Gasteiger partial charge >= 0.3 is 5.97 Å². The topological polar surface area (TPSA) is 80.3 Å². The molecule has 1 saturated carbocycles. The maximum absolute atomic E-state index is 12.1. The molecule has 1 saturated heterocycles. The van der Waals surface area contributed by atoms with Crippen LogP contribution in [0.5, 0.6) is 5.75 Å². The van der Waals surface area contributed by atoms with Crippen molar-refractivity contribution in [3.63, 3.8) is 0 Å². The molecule has 37 heavy (non-hydrogen) atoms. The summed E-state index contributed by atoms with van der Waals surface area (Å²) in [5, 5.41) is 15.1. The van der Waals surface area contributed by atoms with Gasteiger partial charge in [0.25, 0.3) is 0 Å². The third-order valence-electron chi connectivity index (χ3n) is 6.48. The summed E-state index contributed by atoms with van der Waals surface area (Å²) in [6.45, 7) is 3.88. The number of cyclic esters (lactones) is 1. The van der Waals surface area contributed by atoms with E-state index in [-0.39, 0.29) is 12.0 Å². The molecule has 200 valence electrons. The van der Waals surface area contributed by atoms with E-state index in [0.29, 0.717) is 31.9 Å². The molecule has 0 spiro atoms. The van der Waals surface area contributed by atoms with Crippen LogP contribution in [0.1, 0.15) is 44.6 Å².